The van der Waals surface area contributed by atoms with E-state index in [1.165, 1.54) is 0 Å². The normalized spacial score (nSPS) is 23.0. The highest BCUT2D eigenvalue weighted by Gasteiger charge is 2.61. The molecule has 0 saturated heterocycles. The van der Waals surface area contributed by atoms with Crippen molar-refractivity contribution in [2.24, 2.45) is 5.10 Å². The lowest BCUT2D eigenvalue weighted by atomic mass is 9.91. The number of aryl methyl sites for hydroxylation is 1. The van der Waals surface area contributed by atoms with Crippen LogP contribution in [0.1, 0.15) is 41.6 Å². The van der Waals surface area contributed by atoms with Crippen LogP contribution in [0.3, 0.4) is 0 Å². The van der Waals surface area contributed by atoms with Gasteiger partial charge in [-0.05, 0) is 47.9 Å². The molecule has 3 aliphatic heterocycles. The largest absolute Gasteiger partial charge is 0.453 e. The molecule has 0 aliphatic carbocycles. The summed E-state index contributed by atoms with van der Waals surface area (Å²) in [7, 11) is 0. The van der Waals surface area contributed by atoms with Crippen LogP contribution in [0.15, 0.2) is 71.8 Å². The Balaban J connectivity index is 1.59. The van der Waals surface area contributed by atoms with Crippen LogP contribution in [0, 0.1) is 0 Å². The summed E-state index contributed by atoms with van der Waals surface area (Å²) >= 11 is 6.33. The maximum atomic E-state index is 13.5. The summed E-state index contributed by atoms with van der Waals surface area (Å²) in [5.41, 5.74) is 4.28. The molecule has 1 spiro atoms. The van der Waals surface area contributed by atoms with E-state index in [-0.39, 0.29) is 11.9 Å². The number of carbonyl (C=O) groups excluding carboxylic acids is 1. The number of carbonyl (C=O) groups is 1. The van der Waals surface area contributed by atoms with Gasteiger partial charge >= 0.3 is 5.72 Å². The summed E-state index contributed by atoms with van der Waals surface area (Å²) in [6, 6.07) is 21.5. The molecule has 2 atom stereocenters. The first-order valence-electron chi connectivity index (χ1n) is 10.5. The Morgan fingerprint density at radius 3 is 2.81 bits per heavy atom. The van der Waals surface area contributed by atoms with E-state index in [1.807, 2.05) is 59.6 Å². The Hall–Kier alpha value is -3.31. The minimum absolute atomic E-state index is 0.153. The maximum absolute atomic E-state index is 13.5. The van der Waals surface area contributed by atoms with Crippen LogP contribution in [0.25, 0.3) is 0 Å². The Labute approximate surface area is 185 Å². The molecule has 0 bridgehead atoms. The molecular weight excluding hydrogens is 410 g/mol. The van der Waals surface area contributed by atoms with E-state index in [9.17, 15) is 4.79 Å². The average Bonchev–Trinajstić information content (AvgIpc) is 3.36. The fraction of sp³-hybridized carbons (Fsp3) is 0.200. The minimum atomic E-state index is -1.34. The van der Waals surface area contributed by atoms with Crippen molar-refractivity contribution in [1.29, 1.82) is 0 Å². The molecule has 3 aromatic carbocycles. The van der Waals surface area contributed by atoms with E-state index < -0.39 is 5.72 Å². The van der Waals surface area contributed by atoms with Gasteiger partial charge in [0.2, 0.25) is 0 Å². The van der Waals surface area contributed by atoms with Gasteiger partial charge in [-0.25, -0.2) is 5.01 Å². The molecule has 6 heteroatoms. The van der Waals surface area contributed by atoms with Crippen molar-refractivity contribution in [3.63, 3.8) is 0 Å². The number of anilines is 1. The number of nitrogens with zero attached hydrogens (tertiary/aromatic N) is 2. The molecule has 0 aromatic heterocycles. The van der Waals surface area contributed by atoms with Crippen LogP contribution in [-0.2, 0) is 16.9 Å². The van der Waals surface area contributed by atoms with Crippen molar-refractivity contribution in [1.82, 2.24) is 5.01 Å². The Morgan fingerprint density at radius 1 is 1.16 bits per heavy atom. The zero-order chi connectivity index (χ0) is 21.2. The van der Waals surface area contributed by atoms with Crippen molar-refractivity contribution in [3.05, 3.63) is 94.0 Å². The molecule has 3 heterocycles. The maximum Gasteiger partial charge on any atom is 0.306 e. The topological polar surface area (TPSA) is 53.9 Å². The number of hydrogen-bond donors (Lipinski definition) is 1. The quantitative estimate of drug-likeness (QED) is 0.605. The van der Waals surface area contributed by atoms with Crippen LogP contribution in [-0.4, -0.2) is 16.6 Å². The lowest BCUT2D eigenvalue weighted by molar-refractivity contribution is -0.161. The van der Waals surface area contributed by atoms with Gasteiger partial charge < -0.3 is 10.1 Å². The van der Waals surface area contributed by atoms with Crippen LogP contribution in [0.2, 0.25) is 5.02 Å². The predicted molar refractivity (Wildman–Crippen MR) is 120 cm³/mol. The number of hydrogen-bond acceptors (Lipinski definition) is 4. The molecular formula is C25H20ClN3O2. The van der Waals surface area contributed by atoms with E-state index in [2.05, 4.69) is 18.3 Å². The highest BCUT2D eigenvalue weighted by molar-refractivity contribution is 6.30. The number of halogens is 1. The number of ether oxygens (including phenoxy) is 1. The number of rotatable bonds is 2. The molecule has 0 radical (unpaired) electrons. The summed E-state index contributed by atoms with van der Waals surface area (Å²) in [6.07, 6.45) is 1.53. The number of amides is 1. The van der Waals surface area contributed by atoms with Crippen LogP contribution >= 0.6 is 11.6 Å². The van der Waals surface area contributed by atoms with Gasteiger partial charge in [0, 0.05) is 17.0 Å². The Kier molecular flexibility index (Phi) is 3.93. The molecule has 2 unspecified atom stereocenters. The summed E-state index contributed by atoms with van der Waals surface area (Å²) in [5.74, 6) is 0.444. The fourth-order valence-corrected chi connectivity index (χ4v) is 4.97. The number of nitrogens with one attached hydrogen (secondary N) is 1. The fourth-order valence-electron chi connectivity index (χ4n) is 4.79. The zero-order valence-electron chi connectivity index (χ0n) is 16.9. The second-order valence-electron chi connectivity index (χ2n) is 8.09. The van der Waals surface area contributed by atoms with Gasteiger partial charge in [-0.1, -0.05) is 54.9 Å². The molecule has 6 rings (SSSR count). The Morgan fingerprint density at radius 2 is 2.00 bits per heavy atom. The first-order valence-corrected chi connectivity index (χ1v) is 10.8. The van der Waals surface area contributed by atoms with Gasteiger partial charge in [-0.2, -0.15) is 5.10 Å². The molecule has 1 amide bonds. The number of hydrazone groups is 1. The number of benzene rings is 3. The molecule has 0 saturated carbocycles. The second kappa shape index (κ2) is 6.59. The van der Waals surface area contributed by atoms with E-state index in [0.29, 0.717) is 17.2 Å². The van der Waals surface area contributed by atoms with Crippen molar-refractivity contribution in [3.8, 4) is 5.75 Å². The first-order chi connectivity index (χ1) is 15.1. The third kappa shape index (κ3) is 2.56. The van der Waals surface area contributed by atoms with Gasteiger partial charge in [-0.15, -0.1) is 0 Å². The highest BCUT2D eigenvalue weighted by Crippen LogP contribution is 2.54. The summed E-state index contributed by atoms with van der Waals surface area (Å²) in [4.78, 5) is 13.5. The van der Waals surface area contributed by atoms with Crippen molar-refractivity contribution in [2.45, 2.75) is 31.5 Å². The number of fused-ring (bicyclic) bond motifs is 6. The molecule has 0 fully saturated rings. The molecule has 5 nitrogen and oxygen atoms in total. The monoisotopic (exact) mass is 429 g/mol. The predicted octanol–water partition coefficient (Wildman–Crippen LogP) is 5.25. The van der Waals surface area contributed by atoms with Crippen molar-refractivity contribution < 1.29 is 9.53 Å². The lowest BCUT2D eigenvalue weighted by Gasteiger charge is -2.44. The van der Waals surface area contributed by atoms with Gasteiger partial charge in [0.15, 0.2) is 0 Å². The van der Waals surface area contributed by atoms with Crippen LogP contribution in [0.5, 0.6) is 5.75 Å². The highest BCUT2D eigenvalue weighted by atomic mass is 35.5. The SMILES string of the molecule is CCc1ccc2c(c1)C1(Oc3ccc(Cl)cc3C3CC(c4ccccc4)=NN31)C(=O)N2. The summed E-state index contributed by atoms with van der Waals surface area (Å²) < 4.78 is 6.52. The minimum Gasteiger partial charge on any atom is -0.453 e. The standard InChI is InChI=1S/C25H20ClN3O2/c1-2-15-8-10-20-19(12-15)25(24(30)27-20)29-22(18-13-17(26)9-11-23(18)31-25)14-21(28-29)16-6-4-3-5-7-16/h3-13,22H,2,14H2,1H3,(H,27,30). The van der Waals surface area contributed by atoms with Gasteiger partial charge in [-0.3, -0.25) is 4.79 Å². The van der Waals surface area contributed by atoms with Gasteiger partial charge in [0.05, 0.1) is 23.0 Å². The average molecular weight is 430 g/mol. The first kappa shape index (κ1) is 18.5. The van der Waals surface area contributed by atoms with Crippen LogP contribution < -0.4 is 10.1 Å². The Bertz CT molecular complexity index is 1260. The summed E-state index contributed by atoms with van der Waals surface area (Å²) in [5, 5.41) is 10.5. The van der Waals surface area contributed by atoms with Gasteiger partial charge in [0.1, 0.15) is 5.75 Å². The van der Waals surface area contributed by atoms with E-state index in [4.69, 9.17) is 21.4 Å². The molecule has 3 aromatic rings. The van der Waals surface area contributed by atoms with Gasteiger partial charge in [0.25, 0.3) is 5.91 Å². The van der Waals surface area contributed by atoms with Crippen molar-refractivity contribution in [2.75, 3.05) is 5.32 Å². The summed E-state index contributed by atoms with van der Waals surface area (Å²) in [6.45, 7) is 2.10. The van der Waals surface area contributed by atoms with E-state index >= 15 is 0 Å². The lowest BCUT2D eigenvalue weighted by Crippen LogP contribution is -2.55. The second-order valence-corrected chi connectivity index (χ2v) is 8.53. The molecule has 154 valence electrons. The smallest absolute Gasteiger partial charge is 0.306 e. The van der Waals surface area contributed by atoms with E-state index in [1.54, 1.807) is 6.07 Å². The molecule has 3 aliphatic rings. The van der Waals surface area contributed by atoms with Crippen LogP contribution in [0.4, 0.5) is 5.69 Å². The molecule has 31 heavy (non-hydrogen) atoms. The third-order valence-corrected chi connectivity index (χ3v) is 6.58. The zero-order valence-corrected chi connectivity index (χ0v) is 17.7. The molecule has 1 N–H and O–H groups in total. The van der Waals surface area contributed by atoms with Crippen molar-refractivity contribution >= 4 is 28.9 Å². The van der Waals surface area contributed by atoms with E-state index in [0.717, 1.165) is 40.1 Å². The third-order valence-electron chi connectivity index (χ3n) is 6.34.